The van der Waals surface area contributed by atoms with Crippen LogP contribution in [0.5, 0.6) is 0 Å². The molecule has 2 aromatic carbocycles. The molecular weight excluding hydrogens is 326 g/mol. The van der Waals surface area contributed by atoms with Gasteiger partial charge in [-0.05, 0) is 35.6 Å². The second-order valence-corrected chi connectivity index (χ2v) is 7.21. The van der Waals surface area contributed by atoms with Crippen molar-refractivity contribution in [3.63, 3.8) is 0 Å². The van der Waals surface area contributed by atoms with Crippen LogP contribution in [0, 0.1) is 0 Å². The number of likely N-dealkylation sites (tertiary alicyclic amines) is 2. The summed E-state index contributed by atoms with van der Waals surface area (Å²) in [4.78, 5) is 28.3. The maximum atomic E-state index is 12.5. The Morgan fingerprint density at radius 2 is 1.81 bits per heavy atom. The molecule has 1 N–H and O–H groups in total. The summed E-state index contributed by atoms with van der Waals surface area (Å²) in [7, 11) is 0. The number of hydrogen-bond acceptors (Lipinski definition) is 2. The highest BCUT2D eigenvalue weighted by molar-refractivity contribution is 5.86. The van der Waals surface area contributed by atoms with Crippen molar-refractivity contribution in [1.82, 2.24) is 15.1 Å². The maximum Gasteiger partial charge on any atom is 0.317 e. The molecule has 26 heavy (non-hydrogen) atoms. The molecule has 5 heteroatoms. The number of urea groups is 1. The summed E-state index contributed by atoms with van der Waals surface area (Å²) in [6, 6.07) is 14.7. The average molecular weight is 351 g/mol. The van der Waals surface area contributed by atoms with E-state index in [2.05, 4.69) is 29.6 Å². The molecule has 0 bridgehead atoms. The van der Waals surface area contributed by atoms with Gasteiger partial charge in [0.15, 0.2) is 0 Å². The molecular formula is C21H25N3O2. The van der Waals surface area contributed by atoms with Crippen LogP contribution in [0.25, 0.3) is 10.8 Å². The number of carbonyl (C=O) groups is 2. The lowest BCUT2D eigenvalue weighted by Gasteiger charge is -2.36. The van der Waals surface area contributed by atoms with Crippen LogP contribution >= 0.6 is 0 Å². The minimum Gasteiger partial charge on any atom is -0.340 e. The molecule has 3 amide bonds. The number of nitrogens with zero attached hydrogens (tertiary/aromatic N) is 2. The van der Waals surface area contributed by atoms with Crippen molar-refractivity contribution in [3.8, 4) is 0 Å². The first kappa shape index (κ1) is 16.9. The predicted octanol–water partition coefficient (Wildman–Crippen LogP) is 3.14. The third kappa shape index (κ3) is 3.39. The third-order valence-corrected chi connectivity index (χ3v) is 5.61. The minimum absolute atomic E-state index is 0.0101. The fourth-order valence-electron chi connectivity index (χ4n) is 4.17. The van der Waals surface area contributed by atoms with E-state index in [4.69, 9.17) is 0 Å². The van der Waals surface area contributed by atoms with E-state index in [0.29, 0.717) is 19.0 Å². The Hall–Kier alpha value is -2.56. The molecule has 2 aliphatic rings. The van der Waals surface area contributed by atoms with Gasteiger partial charge in [0.25, 0.3) is 0 Å². The number of piperidine rings is 1. The van der Waals surface area contributed by atoms with Gasteiger partial charge < -0.3 is 15.1 Å². The Labute approximate surface area is 154 Å². The van der Waals surface area contributed by atoms with Crippen molar-refractivity contribution in [2.75, 3.05) is 19.6 Å². The van der Waals surface area contributed by atoms with E-state index in [0.717, 1.165) is 44.5 Å². The Kier molecular flexibility index (Phi) is 4.78. The van der Waals surface area contributed by atoms with Crippen molar-refractivity contribution >= 4 is 22.7 Å². The summed E-state index contributed by atoms with van der Waals surface area (Å²) in [6.07, 6.45) is 3.43. The Morgan fingerprint density at radius 3 is 2.58 bits per heavy atom. The molecule has 2 aliphatic heterocycles. The fourth-order valence-corrected chi connectivity index (χ4v) is 4.17. The first-order chi connectivity index (χ1) is 12.7. The normalized spacial score (nSPS) is 18.5. The van der Waals surface area contributed by atoms with Gasteiger partial charge >= 0.3 is 6.03 Å². The van der Waals surface area contributed by atoms with Crippen molar-refractivity contribution in [3.05, 3.63) is 48.0 Å². The van der Waals surface area contributed by atoms with Crippen LogP contribution in [0.3, 0.4) is 0 Å². The number of fused-ring (bicyclic) bond motifs is 1. The molecule has 2 heterocycles. The van der Waals surface area contributed by atoms with E-state index in [-0.39, 0.29) is 11.9 Å². The largest absolute Gasteiger partial charge is 0.340 e. The van der Waals surface area contributed by atoms with Gasteiger partial charge in [-0.1, -0.05) is 42.5 Å². The van der Waals surface area contributed by atoms with E-state index in [1.54, 1.807) is 0 Å². The second kappa shape index (κ2) is 7.36. The molecule has 0 atom stereocenters. The van der Waals surface area contributed by atoms with Gasteiger partial charge in [-0.2, -0.15) is 0 Å². The molecule has 2 aromatic rings. The van der Waals surface area contributed by atoms with Crippen LogP contribution in [-0.2, 0) is 11.3 Å². The Bertz CT molecular complexity index is 807. The highest BCUT2D eigenvalue weighted by Gasteiger charge is 2.31. The number of hydrogen-bond donors (Lipinski definition) is 1. The van der Waals surface area contributed by atoms with Gasteiger partial charge in [0.05, 0.1) is 0 Å². The highest BCUT2D eigenvalue weighted by Crippen LogP contribution is 2.22. The van der Waals surface area contributed by atoms with Crippen LogP contribution < -0.4 is 5.32 Å². The number of benzene rings is 2. The van der Waals surface area contributed by atoms with Gasteiger partial charge in [0.1, 0.15) is 0 Å². The molecule has 5 nitrogen and oxygen atoms in total. The Balaban J connectivity index is 1.32. The van der Waals surface area contributed by atoms with Crippen molar-refractivity contribution in [1.29, 1.82) is 0 Å². The molecule has 0 saturated carbocycles. The molecule has 4 rings (SSSR count). The maximum absolute atomic E-state index is 12.5. The topological polar surface area (TPSA) is 52.7 Å². The molecule has 0 unspecified atom stereocenters. The van der Waals surface area contributed by atoms with E-state index in [1.165, 1.54) is 10.8 Å². The first-order valence-corrected chi connectivity index (χ1v) is 9.51. The average Bonchev–Trinajstić information content (AvgIpc) is 3.12. The lowest BCUT2D eigenvalue weighted by molar-refractivity contribution is -0.130. The lowest BCUT2D eigenvalue weighted by Crippen LogP contribution is -2.49. The molecule has 2 fully saturated rings. The summed E-state index contributed by atoms with van der Waals surface area (Å²) in [5.74, 6) is 0.281. The third-order valence-electron chi connectivity index (χ3n) is 5.61. The second-order valence-electron chi connectivity index (χ2n) is 7.21. The summed E-state index contributed by atoms with van der Waals surface area (Å²) in [5.41, 5.74) is 1.13. The highest BCUT2D eigenvalue weighted by atomic mass is 16.2. The fraction of sp³-hybridized carbons (Fsp3) is 0.429. The SMILES string of the molecule is O=C(NCc1cccc2ccccc12)N1CCC(N2CCCC2=O)CC1. The van der Waals surface area contributed by atoms with Gasteiger partial charge in [0.2, 0.25) is 5.91 Å². The van der Waals surface area contributed by atoms with Crippen LogP contribution in [0.1, 0.15) is 31.2 Å². The van der Waals surface area contributed by atoms with E-state index >= 15 is 0 Å². The van der Waals surface area contributed by atoms with Gasteiger partial charge in [-0.3, -0.25) is 4.79 Å². The lowest BCUT2D eigenvalue weighted by atomic mass is 10.0. The number of amides is 3. The quantitative estimate of drug-likeness (QED) is 0.924. The zero-order valence-corrected chi connectivity index (χ0v) is 15.0. The Morgan fingerprint density at radius 1 is 1.04 bits per heavy atom. The van der Waals surface area contributed by atoms with Gasteiger partial charge in [-0.15, -0.1) is 0 Å². The minimum atomic E-state index is -0.0101. The molecule has 0 aliphatic carbocycles. The van der Waals surface area contributed by atoms with E-state index in [9.17, 15) is 9.59 Å². The van der Waals surface area contributed by atoms with Crippen molar-refractivity contribution < 1.29 is 9.59 Å². The molecule has 136 valence electrons. The number of carbonyl (C=O) groups excluding carboxylic acids is 2. The zero-order chi connectivity index (χ0) is 17.9. The van der Waals surface area contributed by atoms with Gasteiger partial charge in [0, 0.05) is 38.6 Å². The summed E-state index contributed by atoms with van der Waals surface area (Å²) in [6.45, 7) is 2.85. The summed E-state index contributed by atoms with van der Waals surface area (Å²) >= 11 is 0. The van der Waals surface area contributed by atoms with Crippen LogP contribution in [0.4, 0.5) is 4.79 Å². The van der Waals surface area contributed by atoms with E-state index in [1.807, 2.05) is 28.0 Å². The number of rotatable bonds is 3. The molecule has 0 aromatic heterocycles. The summed E-state index contributed by atoms with van der Waals surface area (Å²) < 4.78 is 0. The smallest absolute Gasteiger partial charge is 0.317 e. The van der Waals surface area contributed by atoms with E-state index < -0.39 is 0 Å². The van der Waals surface area contributed by atoms with Crippen molar-refractivity contribution in [2.24, 2.45) is 0 Å². The standard InChI is InChI=1S/C21H25N3O2/c25-20-9-4-12-24(20)18-10-13-23(14-11-18)21(26)22-15-17-7-3-6-16-5-1-2-8-19(16)17/h1-3,5-8,18H,4,9-15H2,(H,22,26). The first-order valence-electron chi connectivity index (χ1n) is 9.51. The zero-order valence-electron chi connectivity index (χ0n) is 15.0. The molecule has 0 spiro atoms. The van der Waals surface area contributed by atoms with Crippen LogP contribution in [0.2, 0.25) is 0 Å². The van der Waals surface area contributed by atoms with Gasteiger partial charge in [-0.25, -0.2) is 4.79 Å². The number of nitrogens with one attached hydrogen (secondary N) is 1. The summed E-state index contributed by atoms with van der Waals surface area (Å²) in [5, 5.41) is 5.43. The van der Waals surface area contributed by atoms with Crippen molar-refractivity contribution in [2.45, 2.75) is 38.3 Å². The molecule has 2 saturated heterocycles. The van der Waals surface area contributed by atoms with Crippen LogP contribution in [0.15, 0.2) is 42.5 Å². The predicted molar refractivity (Wildman–Crippen MR) is 102 cm³/mol. The molecule has 0 radical (unpaired) electrons. The van der Waals surface area contributed by atoms with Crippen LogP contribution in [-0.4, -0.2) is 47.4 Å². The monoisotopic (exact) mass is 351 g/mol.